The fourth-order valence-corrected chi connectivity index (χ4v) is 3.13. The monoisotopic (exact) mass is 329 g/mol. The van der Waals surface area contributed by atoms with Gasteiger partial charge in [-0.05, 0) is 12.8 Å². The molecule has 1 unspecified atom stereocenters. The minimum absolute atomic E-state index is 0.0402. The molecule has 0 radical (unpaired) electrons. The van der Waals surface area contributed by atoms with Gasteiger partial charge in [-0.25, -0.2) is 0 Å². The summed E-state index contributed by atoms with van der Waals surface area (Å²) < 4.78 is 13.0. The molecule has 0 saturated carbocycles. The van der Waals surface area contributed by atoms with Gasteiger partial charge in [-0.1, -0.05) is 45.1 Å². The first kappa shape index (κ1) is 18.8. The van der Waals surface area contributed by atoms with Crippen molar-refractivity contribution in [1.82, 2.24) is 4.57 Å². The first-order valence-electron chi connectivity index (χ1n) is 7.90. The van der Waals surface area contributed by atoms with Gasteiger partial charge in [0.15, 0.2) is 5.88 Å². The van der Waals surface area contributed by atoms with Gasteiger partial charge in [0.05, 0.1) is 23.2 Å². The van der Waals surface area contributed by atoms with Crippen LogP contribution in [0.25, 0.3) is 6.20 Å². The third-order valence-electron chi connectivity index (χ3n) is 3.46. The zero-order valence-corrected chi connectivity index (χ0v) is 14.0. The minimum Gasteiger partial charge on any atom is -0.494 e. The maximum absolute atomic E-state index is 11.8. The van der Waals surface area contributed by atoms with Crippen LogP contribution in [0.3, 0.4) is 0 Å². The highest BCUT2D eigenvalue weighted by molar-refractivity contribution is 7.85. The van der Waals surface area contributed by atoms with E-state index in [1.165, 1.54) is 42.7 Å². The summed E-state index contributed by atoms with van der Waals surface area (Å²) >= 11 is 0. The smallest absolute Gasteiger partial charge is 0.214 e. The molecule has 0 spiro atoms. The van der Waals surface area contributed by atoms with E-state index in [0.29, 0.717) is 0 Å². The summed E-state index contributed by atoms with van der Waals surface area (Å²) in [5.74, 6) is -0.347. The van der Waals surface area contributed by atoms with Gasteiger partial charge in [0, 0.05) is 12.3 Å². The molecule has 1 aromatic rings. The van der Waals surface area contributed by atoms with Crippen molar-refractivity contribution in [2.75, 3.05) is 12.4 Å². The van der Waals surface area contributed by atoms with E-state index in [0.717, 1.165) is 12.8 Å². The summed E-state index contributed by atoms with van der Waals surface area (Å²) in [6, 6.07) is 1.27. The number of unbranched alkanes of at least 4 members (excludes halogenated alkanes) is 6. The number of aliphatic hydroxyl groups is 1. The molecule has 0 fully saturated rings. The minimum atomic E-state index is -1.51. The summed E-state index contributed by atoms with van der Waals surface area (Å²) in [4.78, 5) is 0.149. The Morgan fingerprint density at radius 3 is 2.55 bits per heavy atom. The van der Waals surface area contributed by atoms with Crippen LogP contribution in [-0.4, -0.2) is 36.5 Å². The van der Waals surface area contributed by atoms with Gasteiger partial charge in [-0.2, -0.15) is 0 Å². The van der Waals surface area contributed by atoms with Crippen molar-refractivity contribution in [2.24, 2.45) is 0 Å². The van der Waals surface area contributed by atoms with Crippen LogP contribution in [0.5, 0.6) is 11.8 Å². The summed E-state index contributed by atoms with van der Waals surface area (Å²) in [5.41, 5.74) is 0. The molecule has 0 aliphatic heterocycles. The third-order valence-corrected chi connectivity index (χ3v) is 4.80. The first-order chi connectivity index (χ1) is 10.6. The fraction of sp³-hybridized carbons (Fsp3) is 0.625. The Morgan fingerprint density at radius 1 is 1.18 bits per heavy atom. The van der Waals surface area contributed by atoms with Crippen LogP contribution in [0.4, 0.5) is 0 Å². The summed E-state index contributed by atoms with van der Waals surface area (Å²) in [5, 5.41) is 28.6. The lowest BCUT2D eigenvalue weighted by Crippen LogP contribution is -2.01. The van der Waals surface area contributed by atoms with Crippen LogP contribution in [0, 0.1) is 0 Å². The van der Waals surface area contributed by atoms with Gasteiger partial charge in [0.25, 0.3) is 0 Å². The number of aromatic hydroxyl groups is 2. The van der Waals surface area contributed by atoms with Crippen molar-refractivity contribution in [3.8, 4) is 11.8 Å². The molecule has 1 heterocycles. The maximum atomic E-state index is 11.8. The first-order valence-corrected chi connectivity index (χ1v) is 9.22. The van der Waals surface area contributed by atoms with Crippen molar-refractivity contribution in [2.45, 2.75) is 56.8 Å². The highest BCUT2D eigenvalue weighted by Gasteiger charge is 2.17. The van der Waals surface area contributed by atoms with E-state index in [-0.39, 0.29) is 29.0 Å². The molecule has 126 valence electrons. The highest BCUT2D eigenvalue weighted by atomic mass is 32.2. The lowest BCUT2D eigenvalue weighted by Gasteiger charge is -2.01. The van der Waals surface area contributed by atoms with Gasteiger partial charge in [-0.3, -0.25) is 8.78 Å². The van der Waals surface area contributed by atoms with Crippen LogP contribution in [0.15, 0.2) is 17.0 Å². The standard InChI is InChI=1S/C16H27NO4S/c1-2-3-4-5-6-7-8-9-10-17-15(19)13-14(16(17)20)22(21)12-11-18/h9-10,13,18-20H,2-8,11-12H2,1H3. The molecule has 5 nitrogen and oxygen atoms in total. The fourth-order valence-electron chi connectivity index (χ4n) is 2.21. The average molecular weight is 329 g/mol. The van der Waals surface area contributed by atoms with Crippen LogP contribution < -0.4 is 0 Å². The van der Waals surface area contributed by atoms with Crippen LogP contribution in [0.1, 0.15) is 51.9 Å². The average Bonchev–Trinajstić information content (AvgIpc) is 2.78. The molecule has 0 saturated heterocycles. The van der Waals surface area contributed by atoms with Crippen molar-refractivity contribution < 1.29 is 19.5 Å². The Bertz CT molecular complexity index is 497. The second-order valence-electron chi connectivity index (χ2n) is 5.27. The molecule has 6 heteroatoms. The number of rotatable bonds is 11. The van der Waals surface area contributed by atoms with Crippen LogP contribution >= 0.6 is 0 Å². The number of aromatic nitrogens is 1. The largest absolute Gasteiger partial charge is 0.494 e. The number of nitrogens with zero attached hydrogens (tertiary/aromatic N) is 1. The molecule has 0 aliphatic carbocycles. The van der Waals surface area contributed by atoms with Crippen LogP contribution in [0.2, 0.25) is 0 Å². The van der Waals surface area contributed by atoms with E-state index in [4.69, 9.17) is 5.11 Å². The molecule has 1 aromatic heterocycles. The zero-order valence-electron chi connectivity index (χ0n) is 13.2. The summed E-state index contributed by atoms with van der Waals surface area (Å²) in [6.45, 7) is 1.96. The van der Waals surface area contributed by atoms with Gasteiger partial charge in [0.1, 0.15) is 4.90 Å². The predicted octanol–water partition coefficient (Wildman–Crippen LogP) is 3.22. The molecule has 22 heavy (non-hydrogen) atoms. The number of hydrogen-bond acceptors (Lipinski definition) is 4. The molecule has 0 aliphatic rings. The van der Waals surface area contributed by atoms with E-state index < -0.39 is 10.8 Å². The third kappa shape index (κ3) is 5.85. The number of allylic oxidation sites excluding steroid dienone is 1. The van der Waals surface area contributed by atoms with Crippen molar-refractivity contribution in [3.05, 3.63) is 12.1 Å². The molecule has 1 rings (SSSR count). The Morgan fingerprint density at radius 2 is 1.86 bits per heavy atom. The van der Waals surface area contributed by atoms with Gasteiger partial charge < -0.3 is 15.3 Å². The Hall–Kier alpha value is -1.27. The van der Waals surface area contributed by atoms with Crippen LogP contribution in [-0.2, 0) is 10.8 Å². The quantitative estimate of drug-likeness (QED) is 0.544. The lowest BCUT2D eigenvalue weighted by atomic mass is 10.1. The molecular weight excluding hydrogens is 302 g/mol. The van der Waals surface area contributed by atoms with E-state index in [2.05, 4.69) is 6.92 Å². The molecule has 1 atom stereocenters. The highest BCUT2D eigenvalue weighted by Crippen LogP contribution is 2.30. The van der Waals surface area contributed by atoms with E-state index >= 15 is 0 Å². The van der Waals surface area contributed by atoms with E-state index in [9.17, 15) is 14.4 Å². The topological polar surface area (TPSA) is 82.7 Å². The normalized spacial score (nSPS) is 13.0. The summed E-state index contributed by atoms with van der Waals surface area (Å²) in [7, 11) is -1.51. The van der Waals surface area contributed by atoms with Gasteiger partial charge >= 0.3 is 0 Å². The number of aliphatic hydroxyl groups excluding tert-OH is 1. The van der Waals surface area contributed by atoms with Crippen molar-refractivity contribution >= 4 is 17.0 Å². The maximum Gasteiger partial charge on any atom is 0.214 e. The van der Waals surface area contributed by atoms with Gasteiger partial charge in [-0.15, -0.1) is 0 Å². The molecule has 0 amide bonds. The second kappa shape index (κ2) is 10.5. The summed E-state index contributed by atoms with van der Waals surface area (Å²) in [6.07, 6.45) is 11.7. The SMILES string of the molecule is CCCCCCCCC=Cn1c(O)cc(S(=O)CCO)c1O. The van der Waals surface area contributed by atoms with E-state index in [1.807, 2.05) is 6.08 Å². The second-order valence-corrected chi connectivity index (χ2v) is 6.81. The van der Waals surface area contributed by atoms with Gasteiger partial charge in [0.2, 0.25) is 5.88 Å². The van der Waals surface area contributed by atoms with Crippen molar-refractivity contribution in [1.29, 1.82) is 0 Å². The zero-order chi connectivity index (χ0) is 16.4. The Labute approximate surface area is 134 Å². The number of hydrogen-bond donors (Lipinski definition) is 3. The van der Waals surface area contributed by atoms with E-state index in [1.54, 1.807) is 6.20 Å². The Kier molecular flexibility index (Phi) is 8.92. The molecule has 0 aromatic carbocycles. The van der Waals surface area contributed by atoms with Crippen molar-refractivity contribution in [3.63, 3.8) is 0 Å². The molecular formula is C16H27NO4S. The molecule has 0 bridgehead atoms. The molecule has 3 N–H and O–H groups in total. The predicted molar refractivity (Wildman–Crippen MR) is 89.4 cm³/mol. The lowest BCUT2D eigenvalue weighted by molar-refractivity contribution is 0.321. The Balaban J connectivity index is 2.48.